The van der Waals surface area contributed by atoms with Gasteiger partial charge in [-0.15, -0.1) is 0 Å². The van der Waals surface area contributed by atoms with Gasteiger partial charge in [0.1, 0.15) is 0 Å². The summed E-state index contributed by atoms with van der Waals surface area (Å²) in [4.78, 5) is 0. The van der Waals surface area contributed by atoms with Gasteiger partial charge in [-0.05, 0) is 24.7 Å². The van der Waals surface area contributed by atoms with Gasteiger partial charge in [0.05, 0.1) is 6.54 Å². The highest BCUT2D eigenvalue weighted by Gasteiger charge is 2.02. The van der Waals surface area contributed by atoms with Crippen molar-refractivity contribution in [3.05, 3.63) is 35.4 Å². The van der Waals surface area contributed by atoms with Crippen molar-refractivity contribution < 1.29 is 0 Å². The van der Waals surface area contributed by atoms with E-state index in [1.807, 2.05) is 31.2 Å². The van der Waals surface area contributed by atoms with Crippen LogP contribution in [0.4, 0.5) is 0 Å². The van der Waals surface area contributed by atoms with Crippen LogP contribution in [-0.2, 0) is 6.54 Å². The van der Waals surface area contributed by atoms with Crippen LogP contribution in [0.5, 0.6) is 0 Å². The summed E-state index contributed by atoms with van der Waals surface area (Å²) in [6.45, 7) is 2.58. The summed E-state index contributed by atoms with van der Waals surface area (Å²) in [6, 6.07) is 8.06. The standard InChI is InChI=1S/C9H11ClN2S/c1-7-2-4-8(5-3-7)6-12(10)9(11)13/h2-5H,6H2,1H3,(H2,11,13). The van der Waals surface area contributed by atoms with Crippen LogP contribution in [0.3, 0.4) is 0 Å². The maximum atomic E-state index is 5.76. The summed E-state index contributed by atoms with van der Waals surface area (Å²) in [6.07, 6.45) is 0. The zero-order valence-corrected chi connectivity index (χ0v) is 8.90. The lowest BCUT2D eigenvalue weighted by Crippen LogP contribution is -2.26. The topological polar surface area (TPSA) is 29.3 Å². The van der Waals surface area contributed by atoms with Crippen molar-refractivity contribution >= 4 is 29.1 Å². The summed E-state index contributed by atoms with van der Waals surface area (Å²) < 4.78 is 1.32. The number of hydrogen-bond donors (Lipinski definition) is 1. The second-order valence-electron chi connectivity index (χ2n) is 2.84. The lowest BCUT2D eigenvalue weighted by molar-refractivity contribution is 0.657. The largest absolute Gasteiger partial charge is 0.375 e. The lowest BCUT2D eigenvalue weighted by atomic mass is 10.1. The van der Waals surface area contributed by atoms with Gasteiger partial charge in [-0.2, -0.15) is 0 Å². The number of nitrogens with zero attached hydrogens (tertiary/aromatic N) is 1. The number of hydrogen-bond acceptors (Lipinski definition) is 1. The molecule has 0 aliphatic heterocycles. The Morgan fingerprint density at radius 2 is 2.00 bits per heavy atom. The number of rotatable bonds is 2. The van der Waals surface area contributed by atoms with Crippen LogP contribution in [0.25, 0.3) is 0 Å². The molecule has 0 heterocycles. The second kappa shape index (κ2) is 4.44. The average Bonchev–Trinajstić information content (AvgIpc) is 2.08. The molecule has 0 atom stereocenters. The minimum absolute atomic E-state index is 0.197. The normalized spacial score (nSPS) is 9.69. The Hall–Kier alpha value is -0.800. The van der Waals surface area contributed by atoms with Gasteiger partial charge < -0.3 is 5.73 Å². The van der Waals surface area contributed by atoms with Crippen LogP contribution in [-0.4, -0.2) is 9.53 Å². The Labute approximate surface area is 88.4 Å². The molecule has 1 aromatic carbocycles. The molecule has 0 radical (unpaired) electrons. The SMILES string of the molecule is Cc1ccc(CN(Cl)C(N)=S)cc1. The van der Waals surface area contributed by atoms with E-state index in [2.05, 4.69) is 0 Å². The van der Waals surface area contributed by atoms with Crippen LogP contribution in [0.15, 0.2) is 24.3 Å². The number of halogens is 1. The molecule has 0 fully saturated rings. The molecule has 4 heteroatoms. The fraction of sp³-hybridized carbons (Fsp3) is 0.222. The van der Waals surface area contributed by atoms with E-state index in [1.165, 1.54) is 9.98 Å². The van der Waals surface area contributed by atoms with E-state index in [9.17, 15) is 0 Å². The van der Waals surface area contributed by atoms with Crippen LogP contribution in [0.1, 0.15) is 11.1 Å². The molecule has 0 aromatic heterocycles. The van der Waals surface area contributed by atoms with Crippen molar-refractivity contribution in [2.45, 2.75) is 13.5 Å². The van der Waals surface area contributed by atoms with E-state index in [0.717, 1.165) is 5.56 Å². The smallest absolute Gasteiger partial charge is 0.181 e. The summed E-state index contributed by atoms with van der Waals surface area (Å²) in [5.41, 5.74) is 7.65. The molecule has 0 saturated heterocycles. The van der Waals surface area contributed by atoms with Gasteiger partial charge in [0.25, 0.3) is 0 Å². The van der Waals surface area contributed by atoms with Crippen LogP contribution in [0.2, 0.25) is 0 Å². The third-order valence-corrected chi connectivity index (χ3v) is 2.30. The Morgan fingerprint density at radius 3 is 2.46 bits per heavy atom. The molecule has 0 amide bonds. The lowest BCUT2D eigenvalue weighted by Gasteiger charge is -2.12. The molecule has 0 bridgehead atoms. The number of thiocarbonyl (C=S) groups is 1. The van der Waals surface area contributed by atoms with Crippen molar-refractivity contribution in [1.82, 2.24) is 4.42 Å². The fourth-order valence-electron chi connectivity index (χ4n) is 0.932. The van der Waals surface area contributed by atoms with Gasteiger partial charge in [0.2, 0.25) is 0 Å². The van der Waals surface area contributed by atoms with Gasteiger partial charge in [-0.3, -0.25) is 4.42 Å². The number of benzene rings is 1. The third-order valence-electron chi connectivity index (χ3n) is 1.68. The van der Waals surface area contributed by atoms with Gasteiger partial charge in [0, 0.05) is 11.8 Å². The molecule has 0 saturated carbocycles. The minimum Gasteiger partial charge on any atom is -0.375 e. The molecule has 1 aromatic rings. The van der Waals surface area contributed by atoms with E-state index in [0.29, 0.717) is 6.54 Å². The predicted molar refractivity (Wildman–Crippen MR) is 59.4 cm³/mol. The number of nitrogens with two attached hydrogens (primary N) is 1. The first-order valence-corrected chi connectivity index (χ1v) is 4.62. The molecule has 0 aliphatic carbocycles. The van der Waals surface area contributed by atoms with Gasteiger partial charge in [-0.25, -0.2) is 0 Å². The zero-order chi connectivity index (χ0) is 9.84. The van der Waals surface area contributed by atoms with Crippen molar-refractivity contribution in [2.24, 2.45) is 5.73 Å². The Morgan fingerprint density at radius 1 is 1.46 bits per heavy atom. The molecule has 2 nitrogen and oxygen atoms in total. The molecule has 13 heavy (non-hydrogen) atoms. The predicted octanol–water partition coefficient (Wildman–Crippen LogP) is 2.19. The van der Waals surface area contributed by atoms with Gasteiger partial charge in [0.15, 0.2) is 5.11 Å². The molecular formula is C9H11ClN2S. The maximum absolute atomic E-state index is 5.76. The van der Waals surface area contributed by atoms with Gasteiger partial charge >= 0.3 is 0 Å². The first-order valence-electron chi connectivity index (χ1n) is 3.88. The monoisotopic (exact) mass is 214 g/mol. The van der Waals surface area contributed by atoms with E-state index < -0.39 is 0 Å². The van der Waals surface area contributed by atoms with Crippen molar-refractivity contribution in [1.29, 1.82) is 0 Å². The summed E-state index contributed by atoms with van der Waals surface area (Å²) >= 11 is 10.5. The molecule has 2 N–H and O–H groups in total. The summed E-state index contributed by atoms with van der Waals surface area (Å²) in [5, 5.41) is 0.197. The van der Waals surface area contributed by atoms with Crippen LogP contribution in [0, 0.1) is 6.92 Å². The van der Waals surface area contributed by atoms with E-state index >= 15 is 0 Å². The fourth-order valence-corrected chi connectivity index (χ4v) is 1.13. The molecular weight excluding hydrogens is 204 g/mol. The maximum Gasteiger partial charge on any atom is 0.181 e. The van der Waals surface area contributed by atoms with Gasteiger partial charge in [-0.1, -0.05) is 29.8 Å². The highest BCUT2D eigenvalue weighted by atomic mass is 35.5. The third kappa shape index (κ3) is 3.20. The molecule has 0 spiro atoms. The molecule has 0 unspecified atom stereocenters. The van der Waals surface area contributed by atoms with Crippen molar-refractivity contribution in [3.63, 3.8) is 0 Å². The zero-order valence-electron chi connectivity index (χ0n) is 7.33. The summed E-state index contributed by atoms with van der Waals surface area (Å²) in [7, 11) is 0. The molecule has 1 rings (SSSR count). The van der Waals surface area contributed by atoms with Crippen molar-refractivity contribution in [3.8, 4) is 0 Å². The average molecular weight is 215 g/mol. The molecule has 70 valence electrons. The van der Waals surface area contributed by atoms with Crippen LogP contribution >= 0.6 is 24.0 Å². The Bertz CT molecular complexity index is 297. The van der Waals surface area contributed by atoms with Crippen LogP contribution < -0.4 is 5.73 Å². The second-order valence-corrected chi connectivity index (χ2v) is 3.67. The summed E-state index contributed by atoms with van der Waals surface area (Å²) in [5.74, 6) is 0. The molecule has 0 aliphatic rings. The quantitative estimate of drug-likeness (QED) is 0.605. The van der Waals surface area contributed by atoms with E-state index in [4.69, 9.17) is 29.7 Å². The minimum atomic E-state index is 0.197. The highest BCUT2D eigenvalue weighted by Crippen LogP contribution is 2.08. The van der Waals surface area contributed by atoms with Crippen molar-refractivity contribution in [2.75, 3.05) is 0 Å². The Kier molecular flexibility index (Phi) is 3.51. The Balaban J connectivity index is 2.64. The number of aryl methyl sites for hydroxylation is 1. The first kappa shape index (κ1) is 10.3. The van der Waals surface area contributed by atoms with E-state index in [-0.39, 0.29) is 5.11 Å². The first-order chi connectivity index (χ1) is 6.09. The highest BCUT2D eigenvalue weighted by molar-refractivity contribution is 7.80. The van der Waals surface area contributed by atoms with E-state index in [1.54, 1.807) is 0 Å².